The van der Waals surface area contributed by atoms with E-state index < -0.39 is 12.0 Å². The number of nitrogens with zero attached hydrogens (tertiary/aromatic N) is 6. The van der Waals surface area contributed by atoms with Gasteiger partial charge in [0.05, 0.1) is 24.3 Å². The molecular formula is C17H17F3N6O. The highest BCUT2D eigenvalue weighted by molar-refractivity contribution is 5.82. The molecule has 0 N–H and O–H groups in total. The number of fused-ring (bicyclic) bond motifs is 2. The topological polar surface area (TPSA) is 68.8 Å². The highest BCUT2D eigenvalue weighted by atomic mass is 19.4. The van der Waals surface area contributed by atoms with E-state index in [1.165, 1.54) is 4.90 Å². The molecule has 1 aliphatic rings. The lowest BCUT2D eigenvalue weighted by Crippen LogP contribution is -2.39. The lowest BCUT2D eigenvalue weighted by molar-refractivity contribution is -0.148. The Bertz CT molecular complexity index is 1010. The molecule has 1 amide bonds. The fourth-order valence-corrected chi connectivity index (χ4v) is 3.40. The van der Waals surface area contributed by atoms with Crippen molar-refractivity contribution in [2.75, 3.05) is 6.54 Å². The maximum Gasteiger partial charge on any atom is 0.451 e. The SMILES string of the molecule is Cc1nn(CCC(=O)N2CCn3c(nnc3C(F)(F)F)C2)c2ccccc12. The third-order valence-electron chi connectivity index (χ3n) is 4.74. The highest BCUT2D eigenvalue weighted by Gasteiger charge is 2.39. The molecule has 3 aromatic rings. The van der Waals surface area contributed by atoms with Crippen molar-refractivity contribution in [3.8, 4) is 0 Å². The number of carbonyl (C=O) groups is 1. The Morgan fingerprint density at radius 1 is 1.19 bits per heavy atom. The van der Waals surface area contributed by atoms with E-state index in [-0.39, 0.29) is 37.8 Å². The fraction of sp³-hybridized carbons (Fsp3) is 0.412. The number of para-hydroxylation sites is 1. The van der Waals surface area contributed by atoms with Crippen molar-refractivity contribution in [3.63, 3.8) is 0 Å². The predicted octanol–water partition coefficient (Wildman–Crippen LogP) is 2.39. The van der Waals surface area contributed by atoms with Crippen molar-refractivity contribution in [1.29, 1.82) is 0 Å². The zero-order valence-corrected chi connectivity index (χ0v) is 14.6. The molecule has 142 valence electrons. The van der Waals surface area contributed by atoms with Gasteiger partial charge < -0.3 is 9.47 Å². The first-order chi connectivity index (χ1) is 12.8. The largest absolute Gasteiger partial charge is 0.451 e. The van der Waals surface area contributed by atoms with Crippen LogP contribution in [-0.2, 0) is 30.6 Å². The van der Waals surface area contributed by atoms with Crippen LogP contribution in [0, 0.1) is 6.92 Å². The zero-order chi connectivity index (χ0) is 19.2. The Kier molecular flexibility index (Phi) is 4.12. The van der Waals surface area contributed by atoms with Gasteiger partial charge in [0.25, 0.3) is 0 Å². The molecule has 0 bridgehead atoms. The highest BCUT2D eigenvalue weighted by Crippen LogP contribution is 2.29. The summed E-state index contributed by atoms with van der Waals surface area (Å²) in [5.74, 6) is -1.000. The Labute approximate surface area is 152 Å². The number of aryl methyl sites for hydroxylation is 2. The number of amides is 1. The third kappa shape index (κ3) is 3.15. The number of halogens is 3. The number of benzene rings is 1. The summed E-state index contributed by atoms with van der Waals surface area (Å²) >= 11 is 0. The number of hydrogen-bond acceptors (Lipinski definition) is 4. The number of hydrogen-bond donors (Lipinski definition) is 0. The molecule has 0 spiro atoms. The molecule has 27 heavy (non-hydrogen) atoms. The minimum Gasteiger partial charge on any atom is -0.333 e. The van der Waals surface area contributed by atoms with Gasteiger partial charge in [-0.15, -0.1) is 10.2 Å². The van der Waals surface area contributed by atoms with E-state index in [1.807, 2.05) is 31.2 Å². The van der Waals surface area contributed by atoms with Gasteiger partial charge >= 0.3 is 6.18 Å². The van der Waals surface area contributed by atoms with E-state index in [0.29, 0.717) is 6.54 Å². The summed E-state index contributed by atoms with van der Waals surface area (Å²) < 4.78 is 41.5. The summed E-state index contributed by atoms with van der Waals surface area (Å²) in [7, 11) is 0. The normalized spacial score (nSPS) is 14.6. The molecule has 0 radical (unpaired) electrons. The van der Waals surface area contributed by atoms with Crippen LogP contribution in [0.3, 0.4) is 0 Å². The second kappa shape index (κ2) is 6.36. The third-order valence-corrected chi connectivity index (χ3v) is 4.74. The predicted molar refractivity (Wildman–Crippen MR) is 89.5 cm³/mol. The van der Waals surface area contributed by atoms with Crippen LogP contribution in [0.4, 0.5) is 13.2 Å². The molecule has 0 unspecified atom stereocenters. The minimum absolute atomic E-state index is 0.0286. The van der Waals surface area contributed by atoms with Gasteiger partial charge in [-0.2, -0.15) is 18.3 Å². The molecule has 7 nitrogen and oxygen atoms in total. The van der Waals surface area contributed by atoms with Gasteiger partial charge in [-0.05, 0) is 13.0 Å². The van der Waals surface area contributed by atoms with Crippen LogP contribution in [0.2, 0.25) is 0 Å². The average Bonchev–Trinajstić information content (AvgIpc) is 3.21. The molecule has 10 heteroatoms. The average molecular weight is 378 g/mol. The quantitative estimate of drug-likeness (QED) is 0.702. The van der Waals surface area contributed by atoms with E-state index in [0.717, 1.165) is 21.2 Å². The van der Waals surface area contributed by atoms with Crippen molar-refractivity contribution >= 4 is 16.8 Å². The molecule has 4 rings (SSSR count). The molecule has 3 heterocycles. The first-order valence-corrected chi connectivity index (χ1v) is 8.54. The molecular weight excluding hydrogens is 361 g/mol. The van der Waals surface area contributed by atoms with Crippen molar-refractivity contribution in [1.82, 2.24) is 29.4 Å². The Hall–Kier alpha value is -2.91. The van der Waals surface area contributed by atoms with Crippen LogP contribution in [0.25, 0.3) is 10.9 Å². The number of alkyl halides is 3. The first-order valence-electron chi connectivity index (χ1n) is 8.54. The van der Waals surface area contributed by atoms with Crippen LogP contribution in [-0.4, -0.2) is 41.9 Å². The number of rotatable bonds is 3. The van der Waals surface area contributed by atoms with Crippen LogP contribution in [0.5, 0.6) is 0 Å². The van der Waals surface area contributed by atoms with Crippen molar-refractivity contribution in [3.05, 3.63) is 41.6 Å². The maximum absolute atomic E-state index is 12.9. The van der Waals surface area contributed by atoms with E-state index in [9.17, 15) is 18.0 Å². The van der Waals surface area contributed by atoms with Crippen LogP contribution in [0.1, 0.15) is 23.8 Å². The molecule has 0 fully saturated rings. The second-order valence-corrected chi connectivity index (χ2v) is 6.48. The van der Waals surface area contributed by atoms with Gasteiger partial charge in [0.2, 0.25) is 11.7 Å². The van der Waals surface area contributed by atoms with Crippen molar-refractivity contribution in [2.45, 2.75) is 39.2 Å². The van der Waals surface area contributed by atoms with E-state index in [4.69, 9.17) is 0 Å². The standard InChI is InChI=1S/C17H17F3N6O/c1-11-12-4-2-3-5-13(12)26(23-11)7-6-15(27)24-8-9-25-14(10-24)21-22-16(25)17(18,19)20/h2-5H,6-10H2,1H3. The van der Waals surface area contributed by atoms with Gasteiger partial charge in [0.1, 0.15) is 0 Å². The van der Waals surface area contributed by atoms with Gasteiger partial charge in [-0.1, -0.05) is 18.2 Å². The van der Waals surface area contributed by atoms with Gasteiger partial charge in [-0.25, -0.2) is 0 Å². The van der Waals surface area contributed by atoms with E-state index in [2.05, 4.69) is 15.3 Å². The summed E-state index contributed by atoms with van der Waals surface area (Å²) in [6.07, 6.45) is -4.33. The van der Waals surface area contributed by atoms with Gasteiger partial charge in [0.15, 0.2) is 5.82 Å². The molecule has 0 aliphatic carbocycles. The first kappa shape index (κ1) is 17.5. The van der Waals surface area contributed by atoms with E-state index in [1.54, 1.807) is 4.68 Å². The van der Waals surface area contributed by atoms with Crippen LogP contribution >= 0.6 is 0 Å². The lowest BCUT2D eigenvalue weighted by atomic mass is 10.2. The fourth-order valence-electron chi connectivity index (χ4n) is 3.40. The minimum atomic E-state index is -4.55. The van der Waals surface area contributed by atoms with Gasteiger partial charge in [-0.3, -0.25) is 9.48 Å². The van der Waals surface area contributed by atoms with Gasteiger partial charge in [0, 0.05) is 24.9 Å². The summed E-state index contributed by atoms with van der Waals surface area (Å²) in [4.78, 5) is 14.0. The second-order valence-electron chi connectivity index (χ2n) is 6.48. The Balaban J connectivity index is 1.44. The molecule has 1 aromatic carbocycles. The Morgan fingerprint density at radius 3 is 2.74 bits per heavy atom. The smallest absolute Gasteiger partial charge is 0.333 e. The number of aromatic nitrogens is 5. The monoisotopic (exact) mass is 378 g/mol. The molecule has 0 atom stereocenters. The summed E-state index contributed by atoms with van der Waals surface area (Å²) in [6, 6.07) is 7.77. The number of carbonyl (C=O) groups excluding carboxylic acids is 1. The maximum atomic E-state index is 12.9. The molecule has 0 saturated heterocycles. The van der Waals surface area contributed by atoms with E-state index >= 15 is 0 Å². The Morgan fingerprint density at radius 2 is 1.96 bits per heavy atom. The summed E-state index contributed by atoms with van der Waals surface area (Å²) in [5.41, 5.74) is 1.85. The lowest BCUT2D eigenvalue weighted by Gasteiger charge is -2.28. The van der Waals surface area contributed by atoms with Crippen molar-refractivity contribution < 1.29 is 18.0 Å². The molecule has 1 aliphatic heterocycles. The van der Waals surface area contributed by atoms with Crippen LogP contribution < -0.4 is 0 Å². The molecule has 0 saturated carbocycles. The zero-order valence-electron chi connectivity index (χ0n) is 14.6. The summed E-state index contributed by atoms with van der Waals surface area (Å²) in [5, 5.41) is 12.3. The van der Waals surface area contributed by atoms with Crippen molar-refractivity contribution in [2.24, 2.45) is 0 Å². The molecule has 2 aromatic heterocycles. The summed E-state index contributed by atoms with van der Waals surface area (Å²) in [6.45, 7) is 2.58. The van der Waals surface area contributed by atoms with Crippen LogP contribution in [0.15, 0.2) is 24.3 Å².